The summed E-state index contributed by atoms with van der Waals surface area (Å²) in [5.41, 5.74) is 5.21. The van der Waals surface area contributed by atoms with E-state index in [0.717, 1.165) is 0 Å². The smallest absolute Gasteiger partial charge is 0.269 e. The van der Waals surface area contributed by atoms with Crippen molar-refractivity contribution in [2.45, 2.75) is 18.3 Å². The van der Waals surface area contributed by atoms with Gasteiger partial charge in [0, 0.05) is 0 Å². The standard InChI is InChI=1S/C12H18N2O6/c1-20-8-4-2-7(3-5-8)13-14-12(19)11(18)10(17)9(16)6-15/h2-5,9-11,13,15-18H,6H2,1H3,(H,14,19)/t9-,10+,11+/m1/s1. The highest BCUT2D eigenvalue weighted by atomic mass is 16.5. The largest absolute Gasteiger partial charge is 0.497 e. The van der Waals surface area contributed by atoms with Crippen LogP contribution in [0.1, 0.15) is 0 Å². The molecule has 8 heteroatoms. The highest BCUT2D eigenvalue weighted by molar-refractivity contribution is 5.82. The summed E-state index contributed by atoms with van der Waals surface area (Å²) in [5, 5.41) is 36.5. The van der Waals surface area contributed by atoms with Crippen molar-refractivity contribution < 1.29 is 30.0 Å². The number of rotatable bonds is 7. The van der Waals surface area contributed by atoms with E-state index in [0.29, 0.717) is 11.4 Å². The fourth-order valence-corrected chi connectivity index (χ4v) is 1.36. The van der Waals surface area contributed by atoms with E-state index in [1.807, 2.05) is 0 Å². The van der Waals surface area contributed by atoms with Crippen LogP contribution in [0.4, 0.5) is 5.69 Å². The van der Waals surface area contributed by atoms with Gasteiger partial charge in [-0.2, -0.15) is 0 Å². The van der Waals surface area contributed by atoms with E-state index in [1.54, 1.807) is 24.3 Å². The molecule has 20 heavy (non-hydrogen) atoms. The number of hydrogen-bond acceptors (Lipinski definition) is 7. The van der Waals surface area contributed by atoms with E-state index in [1.165, 1.54) is 7.11 Å². The lowest BCUT2D eigenvalue weighted by Crippen LogP contribution is -2.49. The van der Waals surface area contributed by atoms with Gasteiger partial charge in [0.05, 0.1) is 19.4 Å². The van der Waals surface area contributed by atoms with E-state index in [2.05, 4.69) is 10.9 Å². The number of methoxy groups -OCH3 is 1. The van der Waals surface area contributed by atoms with E-state index in [9.17, 15) is 15.0 Å². The van der Waals surface area contributed by atoms with Gasteiger partial charge >= 0.3 is 0 Å². The molecular weight excluding hydrogens is 268 g/mol. The molecule has 0 aliphatic rings. The molecule has 0 aliphatic heterocycles. The number of benzene rings is 1. The van der Waals surface area contributed by atoms with Gasteiger partial charge in [-0.3, -0.25) is 15.6 Å². The van der Waals surface area contributed by atoms with Gasteiger partial charge in [-0.1, -0.05) is 0 Å². The van der Waals surface area contributed by atoms with Crippen LogP contribution in [0.2, 0.25) is 0 Å². The van der Waals surface area contributed by atoms with Gasteiger partial charge in [0.15, 0.2) is 6.10 Å². The summed E-state index contributed by atoms with van der Waals surface area (Å²) in [4.78, 5) is 11.5. The van der Waals surface area contributed by atoms with Crippen LogP contribution in [0.3, 0.4) is 0 Å². The molecule has 0 fully saturated rings. The summed E-state index contributed by atoms with van der Waals surface area (Å²) in [7, 11) is 1.52. The molecule has 3 atom stereocenters. The first kappa shape index (κ1) is 16.2. The lowest BCUT2D eigenvalue weighted by molar-refractivity contribution is -0.141. The molecule has 1 aromatic carbocycles. The van der Waals surface area contributed by atoms with Crippen molar-refractivity contribution >= 4 is 11.6 Å². The molecule has 8 nitrogen and oxygen atoms in total. The summed E-state index contributed by atoms with van der Waals surface area (Å²) in [6.45, 7) is -0.766. The van der Waals surface area contributed by atoms with Crippen molar-refractivity contribution in [1.29, 1.82) is 0 Å². The predicted octanol–water partition coefficient (Wildman–Crippen LogP) is -1.79. The highest BCUT2D eigenvalue weighted by Gasteiger charge is 2.29. The SMILES string of the molecule is COc1ccc(NNC(=O)[C@@H](O)[C@@H](O)[C@H](O)CO)cc1. The molecule has 1 rings (SSSR count). The van der Waals surface area contributed by atoms with Gasteiger partial charge in [0.1, 0.15) is 18.0 Å². The van der Waals surface area contributed by atoms with E-state index in [-0.39, 0.29) is 0 Å². The zero-order chi connectivity index (χ0) is 15.1. The second-order valence-corrected chi connectivity index (χ2v) is 4.03. The zero-order valence-electron chi connectivity index (χ0n) is 10.9. The van der Waals surface area contributed by atoms with E-state index < -0.39 is 30.8 Å². The number of carbonyl (C=O) groups excluding carboxylic acids is 1. The predicted molar refractivity (Wildman–Crippen MR) is 69.9 cm³/mol. The van der Waals surface area contributed by atoms with Crippen LogP contribution >= 0.6 is 0 Å². The molecule has 1 amide bonds. The molecule has 0 aliphatic carbocycles. The average Bonchev–Trinajstić information content (AvgIpc) is 2.50. The van der Waals surface area contributed by atoms with Crippen LogP contribution < -0.4 is 15.6 Å². The molecule has 1 aromatic rings. The molecular formula is C12H18N2O6. The van der Waals surface area contributed by atoms with Crippen LogP contribution in [0.15, 0.2) is 24.3 Å². The first-order valence-electron chi connectivity index (χ1n) is 5.84. The number of nitrogens with one attached hydrogen (secondary N) is 2. The van der Waals surface area contributed by atoms with Crippen LogP contribution in [-0.4, -0.2) is 58.4 Å². The van der Waals surface area contributed by atoms with Crippen molar-refractivity contribution in [2.24, 2.45) is 0 Å². The number of anilines is 1. The number of hydrogen-bond donors (Lipinski definition) is 6. The summed E-state index contributed by atoms with van der Waals surface area (Å²) < 4.78 is 4.96. The number of aliphatic hydroxyl groups excluding tert-OH is 4. The maximum absolute atomic E-state index is 11.5. The Morgan fingerprint density at radius 3 is 2.35 bits per heavy atom. The highest BCUT2D eigenvalue weighted by Crippen LogP contribution is 2.14. The maximum Gasteiger partial charge on any atom is 0.269 e. The summed E-state index contributed by atoms with van der Waals surface area (Å²) >= 11 is 0. The Morgan fingerprint density at radius 2 is 1.85 bits per heavy atom. The van der Waals surface area contributed by atoms with Crippen LogP contribution in [0.5, 0.6) is 5.75 Å². The number of amides is 1. The first-order valence-corrected chi connectivity index (χ1v) is 5.84. The van der Waals surface area contributed by atoms with Crippen LogP contribution in [0.25, 0.3) is 0 Å². The van der Waals surface area contributed by atoms with Crippen molar-refractivity contribution in [2.75, 3.05) is 19.1 Å². The molecule has 0 bridgehead atoms. The Balaban J connectivity index is 2.49. The zero-order valence-corrected chi connectivity index (χ0v) is 10.9. The van der Waals surface area contributed by atoms with Gasteiger partial charge < -0.3 is 25.2 Å². The van der Waals surface area contributed by atoms with Gasteiger partial charge in [0.25, 0.3) is 5.91 Å². The molecule has 0 radical (unpaired) electrons. The minimum atomic E-state index is -1.87. The third-order valence-corrected chi connectivity index (χ3v) is 2.59. The summed E-state index contributed by atoms with van der Waals surface area (Å²) in [5.74, 6) is -0.302. The first-order chi connectivity index (χ1) is 9.49. The number of aliphatic hydroxyl groups is 4. The number of carbonyl (C=O) groups is 1. The Labute approximate surface area is 115 Å². The molecule has 0 heterocycles. The van der Waals surface area contributed by atoms with Gasteiger partial charge in [-0.05, 0) is 24.3 Å². The molecule has 112 valence electrons. The minimum Gasteiger partial charge on any atom is -0.497 e. The lowest BCUT2D eigenvalue weighted by atomic mass is 10.1. The van der Waals surface area contributed by atoms with Crippen molar-refractivity contribution in [1.82, 2.24) is 5.43 Å². The molecule has 0 spiro atoms. The van der Waals surface area contributed by atoms with Gasteiger partial charge in [-0.25, -0.2) is 0 Å². The minimum absolute atomic E-state index is 0.531. The maximum atomic E-state index is 11.5. The topological polar surface area (TPSA) is 131 Å². The number of ether oxygens (including phenoxy) is 1. The Kier molecular flexibility index (Phi) is 6.19. The molecule has 0 saturated carbocycles. The summed E-state index contributed by atoms with van der Waals surface area (Å²) in [6.07, 6.45) is -5.25. The van der Waals surface area contributed by atoms with E-state index >= 15 is 0 Å². The second-order valence-electron chi connectivity index (χ2n) is 4.03. The Hall–Kier alpha value is -1.87. The van der Waals surface area contributed by atoms with Crippen molar-refractivity contribution in [3.8, 4) is 5.75 Å². The van der Waals surface area contributed by atoms with Crippen LogP contribution in [-0.2, 0) is 4.79 Å². The Morgan fingerprint density at radius 1 is 1.25 bits per heavy atom. The monoisotopic (exact) mass is 286 g/mol. The quantitative estimate of drug-likeness (QED) is 0.326. The average molecular weight is 286 g/mol. The van der Waals surface area contributed by atoms with Crippen molar-refractivity contribution in [3.63, 3.8) is 0 Å². The molecule has 0 saturated heterocycles. The van der Waals surface area contributed by atoms with Gasteiger partial charge in [-0.15, -0.1) is 0 Å². The third-order valence-electron chi connectivity index (χ3n) is 2.59. The molecule has 0 unspecified atom stereocenters. The second kappa shape index (κ2) is 7.65. The van der Waals surface area contributed by atoms with Gasteiger partial charge in [0.2, 0.25) is 0 Å². The lowest BCUT2D eigenvalue weighted by Gasteiger charge is -2.21. The normalized spacial score (nSPS) is 15.1. The molecule has 0 aromatic heterocycles. The molecule has 6 N–H and O–H groups in total. The third kappa shape index (κ3) is 4.35. The fraction of sp³-hybridized carbons (Fsp3) is 0.417. The fourth-order valence-electron chi connectivity index (χ4n) is 1.36. The number of hydrazine groups is 1. The van der Waals surface area contributed by atoms with Crippen molar-refractivity contribution in [3.05, 3.63) is 24.3 Å². The van der Waals surface area contributed by atoms with Crippen LogP contribution in [0, 0.1) is 0 Å². The summed E-state index contributed by atoms with van der Waals surface area (Å²) in [6, 6.07) is 6.58. The van der Waals surface area contributed by atoms with E-state index in [4.69, 9.17) is 14.9 Å². The Bertz CT molecular complexity index is 424.